The van der Waals surface area contributed by atoms with Crippen molar-refractivity contribution < 1.29 is 4.74 Å². The van der Waals surface area contributed by atoms with E-state index in [4.69, 9.17) is 22.7 Å². The summed E-state index contributed by atoms with van der Waals surface area (Å²) in [4.78, 5) is 6.75. The maximum absolute atomic E-state index is 5.51. The van der Waals surface area contributed by atoms with Crippen LogP contribution in [0.5, 0.6) is 0 Å². The van der Waals surface area contributed by atoms with Gasteiger partial charge in [-0.2, -0.15) is 0 Å². The molecule has 1 aromatic heterocycles. The molecule has 0 saturated heterocycles. The van der Waals surface area contributed by atoms with Crippen molar-refractivity contribution in [3.8, 4) is 0 Å². The molecular weight excluding hydrogens is 234 g/mol. The Morgan fingerprint density at radius 2 is 2.24 bits per heavy atom. The van der Waals surface area contributed by atoms with E-state index >= 15 is 0 Å². The van der Waals surface area contributed by atoms with Gasteiger partial charge >= 0.3 is 0 Å². The monoisotopic (exact) mass is 253 g/mol. The van der Waals surface area contributed by atoms with E-state index in [0.29, 0.717) is 10.7 Å². The SMILES string of the molecule is CCOCCN(CC)c1ccc(C(N)=S)nc1. The van der Waals surface area contributed by atoms with E-state index in [-0.39, 0.29) is 0 Å². The van der Waals surface area contributed by atoms with Crippen molar-refractivity contribution in [2.45, 2.75) is 13.8 Å². The lowest BCUT2D eigenvalue weighted by atomic mass is 10.3. The average molecular weight is 253 g/mol. The third kappa shape index (κ3) is 4.28. The Kier molecular flexibility index (Phi) is 5.86. The molecule has 5 heteroatoms. The highest BCUT2D eigenvalue weighted by Gasteiger charge is 2.05. The fraction of sp³-hybridized carbons (Fsp3) is 0.500. The molecule has 4 nitrogen and oxygen atoms in total. The van der Waals surface area contributed by atoms with Crippen LogP contribution in [0.15, 0.2) is 18.3 Å². The number of hydrogen-bond acceptors (Lipinski definition) is 4. The van der Waals surface area contributed by atoms with E-state index in [1.54, 1.807) is 6.20 Å². The molecule has 17 heavy (non-hydrogen) atoms. The number of thiocarbonyl (C=S) groups is 1. The molecule has 0 aliphatic carbocycles. The minimum Gasteiger partial charge on any atom is -0.388 e. The van der Waals surface area contributed by atoms with Crippen LogP contribution in [0.2, 0.25) is 0 Å². The van der Waals surface area contributed by atoms with Gasteiger partial charge < -0.3 is 15.4 Å². The van der Waals surface area contributed by atoms with Gasteiger partial charge in [0.15, 0.2) is 0 Å². The Morgan fingerprint density at radius 1 is 1.47 bits per heavy atom. The first-order valence-electron chi connectivity index (χ1n) is 5.77. The Morgan fingerprint density at radius 3 is 2.71 bits per heavy atom. The normalized spacial score (nSPS) is 10.2. The van der Waals surface area contributed by atoms with E-state index < -0.39 is 0 Å². The number of nitrogens with zero attached hydrogens (tertiary/aromatic N) is 2. The highest BCUT2D eigenvalue weighted by molar-refractivity contribution is 7.80. The summed E-state index contributed by atoms with van der Waals surface area (Å²) in [6, 6.07) is 3.83. The van der Waals surface area contributed by atoms with Crippen molar-refractivity contribution in [2.24, 2.45) is 5.73 Å². The van der Waals surface area contributed by atoms with E-state index in [1.807, 2.05) is 19.1 Å². The summed E-state index contributed by atoms with van der Waals surface area (Å²) in [6.07, 6.45) is 1.80. The topological polar surface area (TPSA) is 51.4 Å². The Labute approximate surface area is 108 Å². The maximum Gasteiger partial charge on any atom is 0.122 e. The number of ether oxygens (including phenoxy) is 1. The van der Waals surface area contributed by atoms with Crippen molar-refractivity contribution in [1.29, 1.82) is 0 Å². The van der Waals surface area contributed by atoms with Crippen molar-refractivity contribution in [2.75, 3.05) is 31.2 Å². The minimum absolute atomic E-state index is 0.328. The molecular formula is C12H19N3OS. The van der Waals surface area contributed by atoms with Crippen molar-refractivity contribution in [3.05, 3.63) is 24.0 Å². The van der Waals surface area contributed by atoms with Gasteiger partial charge in [0.1, 0.15) is 4.99 Å². The number of nitrogens with two attached hydrogens (primary N) is 1. The van der Waals surface area contributed by atoms with Crippen molar-refractivity contribution >= 4 is 22.9 Å². The molecule has 2 N–H and O–H groups in total. The summed E-state index contributed by atoms with van der Waals surface area (Å²) in [6.45, 7) is 7.35. The Balaban J connectivity index is 2.65. The Bertz CT molecular complexity index is 353. The van der Waals surface area contributed by atoms with Crippen LogP contribution in [-0.2, 0) is 4.74 Å². The van der Waals surface area contributed by atoms with E-state index in [9.17, 15) is 0 Å². The zero-order valence-electron chi connectivity index (χ0n) is 10.3. The summed E-state index contributed by atoms with van der Waals surface area (Å²) in [7, 11) is 0. The van der Waals surface area contributed by atoms with E-state index in [2.05, 4.69) is 16.8 Å². The lowest BCUT2D eigenvalue weighted by molar-refractivity contribution is 0.154. The minimum atomic E-state index is 0.328. The number of likely N-dealkylation sites (N-methyl/N-ethyl adjacent to an activating group) is 1. The first-order chi connectivity index (χ1) is 8.19. The van der Waals surface area contributed by atoms with Crippen LogP contribution >= 0.6 is 12.2 Å². The quantitative estimate of drug-likeness (QED) is 0.590. The van der Waals surface area contributed by atoms with Gasteiger partial charge in [0.2, 0.25) is 0 Å². The smallest absolute Gasteiger partial charge is 0.122 e. The van der Waals surface area contributed by atoms with Crippen LogP contribution in [0.25, 0.3) is 0 Å². The molecule has 0 bridgehead atoms. The zero-order valence-corrected chi connectivity index (χ0v) is 11.2. The number of rotatable bonds is 7. The second kappa shape index (κ2) is 7.19. The molecule has 0 aliphatic rings. The highest BCUT2D eigenvalue weighted by atomic mass is 32.1. The second-order valence-corrected chi connectivity index (χ2v) is 3.98. The maximum atomic E-state index is 5.51. The van der Waals surface area contributed by atoms with Gasteiger partial charge in [-0.3, -0.25) is 4.98 Å². The molecule has 1 heterocycles. The van der Waals surface area contributed by atoms with Gasteiger partial charge in [-0.25, -0.2) is 0 Å². The number of hydrogen-bond donors (Lipinski definition) is 1. The van der Waals surface area contributed by atoms with Crippen molar-refractivity contribution in [3.63, 3.8) is 0 Å². The predicted molar refractivity (Wildman–Crippen MR) is 74.5 cm³/mol. The molecule has 0 fully saturated rings. The third-order valence-corrected chi connectivity index (χ3v) is 2.67. The Hall–Kier alpha value is -1.20. The lowest BCUT2D eigenvalue weighted by Crippen LogP contribution is -2.27. The van der Waals surface area contributed by atoms with Gasteiger partial charge in [-0.05, 0) is 26.0 Å². The van der Waals surface area contributed by atoms with Gasteiger partial charge in [0.05, 0.1) is 24.2 Å². The van der Waals surface area contributed by atoms with Crippen LogP contribution < -0.4 is 10.6 Å². The van der Waals surface area contributed by atoms with Crippen LogP contribution in [0, 0.1) is 0 Å². The van der Waals surface area contributed by atoms with Crippen LogP contribution in [0.1, 0.15) is 19.5 Å². The molecule has 0 saturated carbocycles. The molecule has 1 rings (SSSR count). The molecule has 94 valence electrons. The summed E-state index contributed by atoms with van der Waals surface area (Å²) < 4.78 is 5.35. The van der Waals surface area contributed by atoms with Crippen LogP contribution in [0.3, 0.4) is 0 Å². The molecule has 0 amide bonds. The van der Waals surface area contributed by atoms with Gasteiger partial charge in [-0.1, -0.05) is 12.2 Å². The average Bonchev–Trinajstić information content (AvgIpc) is 2.35. The summed E-state index contributed by atoms with van der Waals surface area (Å²) >= 11 is 4.87. The van der Waals surface area contributed by atoms with Gasteiger partial charge in [0.25, 0.3) is 0 Å². The summed E-state index contributed by atoms with van der Waals surface area (Å²) in [5, 5.41) is 0. The second-order valence-electron chi connectivity index (χ2n) is 3.54. The first kappa shape index (κ1) is 13.9. The van der Waals surface area contributed by atoms with E-state index in [1.165, 1.54) is 0 Å². The lowest BCUT2D eigenvalue weighted by Gasteiger charge is -2.22. The molecule has 0 atom stereocenters. The fourth-order valence-electron chi connectivity index (χ4n) is 1.51. The predicted octanol–water partition coefficient (Wildman–Crippen LogP) is 1.58. The first-order valence-corrected chi connectivity index (χ1v) is 6.18. The largest absolute Gasteiger partial charge is 0.388 e. The molecule has 0 aliphatic heterocycles. The fourth-order valence-corrected chi connectivity index (χ4v) is 1.63. The zero-order chi connectivity index (χ0) is 12.7. The molecule has 0 unspecified atom stereocenters. The van der Waals surface area contributed by atoms with Gasteiger partial charge in [-0.15, -0.1) is 0 Å². The number of anilines is 1. The van der Waals surface area contributed by atoms with Crippen LogP contribution in [-0.4, -0.2) is 36.3 Å². The van der Waals surface area contributed by atoms with Gasteiger partial charge in [0, 0.05) is 19.7 Å². The molecule has 0 spiro atoms. The highest BCUT2D eigenvalue weighted by Crippen LogP contribution is 2.12. The van der Waals surface area contributed by atoms with Crippen molar-refractivity contribution in [1.82, 2.24) is 4.98 Å². The third-order valence-electron chi connectivity index (χ3n) is 2.46. The standard InChI is InChI=1S/C12H19N3OS/c1-3-15(7-8-16-4-2)10-5-6-11(12(13)17)14-9-10/h5-6,9H,3-4,7-8H2,1-2H3,(H2,13,17). The number of aromatic nitrogens is 1. The van der Waals surface area contributed by atoms with Crippen LogP contribution in [0.4, 0.5) is 5.69 Å². The molecule has 1 aromatic rings. The summed E-state index contributed by atoms with van der Waals surface area (Å²) in [5.41, 5.74) is 7.23. The number of pyridine rings is 1. The molecule has 0 aromatic carbocycles. The molecule has 0 radical (unpaired) electrons. The van der Waals surface area contributed by atoms with E-state index in [0.717, 1.165) is 32.0 Å². The summed E-state index contributed by atoms with van der Waals surface area (Å²) in [5.74, 6) is 0.